The van der Waals surface area contributed by atoms with Crippen molar-refractivity contribution in [3.8, 4) is 0 Å². The second-order valence-corrected chi connectivity index (χ2v) is 6.44. The lowest BCUT2D eigenvalue weighted by atomic mass is 10.1. The summed E-state index contributed by atoms with van der Waals surface area (Å²) in [5, 5.41) is 3.95. The first-order valence-electron chi connectivity index (χ1n) is 6.39. The zero-order valence-electron chi connectivity index (χ0n) is 11.2. The number of aryl methyl sites for hydroxylation is 1. The molecule has 0 aliphatic carbocycles. The average Bonchev–Trinajstić information content (AvgIpc) is 2.71. The Bertz CT molecular complexity index is 540. The Morgan fingerprint density at radius 1 is 1.63 bits per heavy atom. The number of nitrogen functional groups attached to an aromatic ring is 1. The maximum Gasteiger partial charge on any atom is 0.246 e. The molecule has 1 saturated heterocycles. The van der Waals surface area contributed by atoms with Crippen molar-refractivity contribution < 1.29 is 13.2 Å². The van der Waals surface area contributed by atoms with Crippen molar-refractivity contribution in [3.05, 3.63) is 6.20 Å². The molecular formula is C11H20N4O3S. The van der Waals surface area contributed by atoms with Crippen molar-refractivity contribution in [1.82, 2.24) is 14.5 Å². The average molecular weight is 288 g/mol. The van der Waals surface area contributed by atoms with Gasteiger partial charge in [0.1, 0.15) is 4.90 Å². The quantitative estimate of drug-likeness (QED) is 0.832. The minimum absolute atomic E-state index is 0.0365. The number of nitrogens with one attached hydrogen (secondary N) is 1. The summed E-state index contributed by atoms with van der Waals surface area (Å²) in [5.41, 5.74) is 5.66. The molecule has 0 amide bonds. The normalized spacial score (nSPS) is 24.5. The van der Waals surface area contributed by atoms with Crippen molar-refractivity contribution >= 4 is 15.8 Å². The predicted molar refractivity (Wildman–Crippen MR) is 71.1 cm³/mol. The number of anilines is 1. The van der Waals surface area contributed by atoms with Crippen LogP contribution in [0.15, 0.2) is 11.1 Å². The third kappa shape index (κ3) is 3.26. The van der Waals surface area contributed by atoms with Crippen LogP contribution in [-0.2, 0) is 21.3 Å². The van der Waals surface area contributed by atoms with Crippen molar-refractivity contribution in [2.24, 2.45) is 0 Å². The molecule has 0 saturated carbocycles. The van der Waals surface area contributed by atoms with E-state index < -0.39 is 10.0 Å². The molecule has 8 heteroatoms. The Morgan fingerprint density at radius 3 is 2.95 bits per heavy atom. The lowest BCUT2D eigenvalue weighted by molar-refractivity contribution is 0.0173. The molecule has 0 spiro atoms. The van der Waals surface area contributed by atoms with Crippen LogP contribution in [0, 0.1) is 0 Å². The van der Waals surface area contributed by atoms with E-state index in [0.29, 0.717) is 26.0 Å². The summed E-state index contributed by atoms with van der Waals surface area (Å²) in [6.07, 6.45) is 2.87. The molecule has 0 bridgehead atoms. The van der Waals surface area contributed by atoms with E-state index in [1.54, 1.807) is 0 Å². The number of rotatable bonds is 4. The number of hydrogen-bond donors (Lipinski definition) is 2. The number of nitrogens with two attached hydrogens (primary N) is 1. The molecule has 1 aliphatic rings. The first-order chi connectivity index (χ1) is 8.92. The van der Waals surface area contributed by atoms with Gasteiger partial charge < -0.3 is 10.5 Å². The van der Waals surface area contributed by atoms with E-state index in [1.165, 1.54) is 10.9 Å². The number of ether oxygens (including phenoxy) is 1. The Kier molecular flexibility index (Phi) is 4.12. The van der Waals surface area contributed by atoms with Crippen LogP contribution < -0.4 is 10.5 Å². The Hall–Kier alpha value is -1.12. The van der Waals surface area contributed by atoms with Gasteiger partial charge in [-0.05, 0) is 26.7 Å². The lowest BCUT2D eigenvalue weighted by Gasteiger charge is -2.27. The SMILES string of the molecule is CCn1cc(S(=O)(=O)NC2CCOC(C)C2)c(N)n1. The lowest BCUT2D eigenvalue weighted by Crippen LogP contribution is -2.41. The molecule has 0 aromatic carbocycles. The summed E-state index contributed by atoms with van der Waals surface area (Å²) < 4.78 is 34.1. The monoisotopic (exact) mass is 288 g/mol. The Labute approximate surface area is 113 Å². The maximum absolute atomic E-state index is 12.3. The molecule has 2 unspecified atom stereocenters. The smallest absolute Gasteiger partial charge is 0.246 e. The van der Waals surface area contributed by atoms with Gasteiger partial charge in [-0.1, -0.05) is 0 Å². The number of nitrogens with zero attached hydrogens (tertiary/aromatic N) is 2. The molecule has 2 rings (SSSR count). The molecular weight excluding hydrogens is 268 g/mol. The molecule has 3 N–H and O–H groups in total. The number of hydrogen-bond acceptors (Lipinski definition) is 5. The highest BCUT2D eigenvalue weighted by molar-refractivity contribution is 7.89. The highest BCUT2D eigenvalue weighted by atomic mass is 32.2. The van der Waals surface area contributed by atoms with Crippen LogP contribution in [0.4, 0.5) is 5.82 Å². The van der Waals surface area contributed by atoms with Gasteiger partial charge in [-0.15, -0.1) is 0 Å². The minimum Gasteiger partial charge on any atom is -0.381 e. The van der Waals surface area contributed by atoms with Crippen LogP contribution in [0.2, 0.25) is 0 Å². The van der Waals surface area contributed by atoms with E-state index in [2.05, 4.69) is 9.82 Å². The second-order valence-electron chi connectivity index (χ2n) is 4.76. The molecule has 19 heavy (non-hydrogen) atoms. The first kappa shape index (κ1) is 14.3. The van der Waals surface area contributed by atoms with Crippen molar-refractivity contribution in [2.75, 3.05) is 12.3 Å². The van der Waals surface area contributed by atoms with Crippen molar-refractivity contribution in [3.63, 3.8) is 0 Å². The first-order valence-corrected chi connectivity index (χ1v) is 7.87. The third-order valence-electron chi connectivity index (χ3n) is 3.18. The number of aromatic nitrogens is 2. The highest BCUT2D eigenvalue weighted by Crippen LogP contribution is 2.20. The van der Waals surface area contributed by atoms with Crippen LogP contribution in [0.25, 0.3) is 0 Å². The van der Waals surface area contributed by atoms with Gasteiger partial charge in [0.05, 0.1) is 6.10 Å². The van der Waals surface area contributed by atoms with Gasteiger partial charge in [-0.3, -0.25) is 4.68 Å². The van der Waals surface area contributed by atoms with Crippen molar-refractivity contribution in [2.45, 2.75) is 50.3 Å². The zero-order valence-corrected chi connectivity index (χ0v) is 12.0. The van der Waals surface area contributed by atoms with E-state index in [-0.39, 0.29) is 22.9 Å². The summed E-state index contributed by atoms with van der Waals surface area (Å²) in [4.78, 5) is 0.0495. The predicted octanol–water partition coefficient (Wildman–Crippen LogP) is 0.331. The van der Waals surface area contributed by atoms with Crippen LogP contribution in [-0.4, -0.2) is 37.0 Å². The summed E-state index contributed by atoms with van der Waals surface area (Å²) in [6.45, 7) is 4.95. The van der Waals surface area contributed by atoms with Gasteiger partial charge in [0.2, 0.25) is 10.0 Å². The van der Waals surface area contributed by atoms with Gasteiger partial charge >= 0.3 is 0 Å². The Morgan fingerprint density at radius 2 is 2.37 bits per heavy atom. The molecule has 7 nitrogen and oxygen atoms in total. The van der Waals surface area contributed by atoms with Gasteiger partial charge in [0.15, 0.2) is 5.82 Å². The van der Waals surface area contributed by atoms with E-state index in [4.69, 9.17) is 10.5 Å². The molecule has 1 aliphatic heterocycles. The summed E-state index contributed by atoms with van der Waals surface area (Å²) in [6, 6.07) is -0.113. The molecule has 0 radical (unpaired) electrons. The molecule has 1 aromatic rings. The fraction of sp³-hybridized carbons (Fsp3) is 0.727. The van der Waals surface area contributed by atoms with Gasteiger partial charge in [-0.2, -0.15) is 5.10 Å². The third-order valence-corrected chi connectivity index (χ3v) is 4.71. The standard InChI is InChI=1S/C11H20N4O3S/c1-3-15-7-10(11(12)13-15)19(16,17)14-9-4-5-18-8(2)6-9/h7-9,14H,3-6H2,1-2H3,(H2,12,13). The molecule has 1 fully saturated rings. The molecule has 2 atom stereocenters. The van der Waals surface area contributed by atoms with E-state index in [9.17, 15) is 8.42 Å². The minimum atomic E-state index is -3.62. The van der Waals surface area contributed by atoms with Crippen LogP contribution in [0.1, 0.15) is 26.7 Å². The fourth-order valence-corrected chi connectivity index (χ4v) is 3.53. The fourth-order valence-electron chi connectivity index (χ4n) is 2.18. The van der Waals surface area contributed by atoms with E-state index in [1.807, 2.05) is 13.8 Å². The van der Waals surface area contributed by atoms with Gasteiger partial charge in [-0.25, -0.2) is 13.1 Å². The van der Waals surface area contributed by atoms with E-state index >= 15 is 0 Å². The van der Waals surface area contributed by atoms with Gasteiger partial charge in [0, 0.05) is 25.4 Å². The topological polar surface area (TPSA) is 99.2 Å². The zero-order chi connectivity index (χ0) is 14.0. The molecule has 2 heterocycles. The summed E-state index contributed by atoms with van der Waals surface area (Å²) in [5.74, 6) is 0.0365. The number of sulfonamides is 1. The Balaban J connectivity index is 2.15. The largest absolute Gasteiger partial charge is 0.381 e. The second kappa shape index (κ2) is 5.48. The molecule has 1 aromatic heterocycles. The maximum atomic E-state index is 12.3. The molecule has 108 valence electrons. The van der Waals surface area contributed by atoms with Crippen LogP contribution >= 0.6 is 0 Å². The summed E-state index contributed by atoms with van der Waals surface area (Å²) in [7, 11) is -3.62. The van der Waals surface area contributed by atoms with Crippen molar-refractivity contribution in [1.29, 1.82) is 0 Å². The van der Waals surface area contributed by atoms with Crippen LogP contribution in [0.3, 0.4) is 0 Å². The summed E-state index contributed by atoms with van der Waals surface area (Å²) >= 11 is 0. The van der Waals surface area contributed by atoms with Crippen LogP contribution in [0.5, 0.6) is 0 Å². The van der Waals surface area contributed by atoms with Gasteiger partial charge in [0.25, 0.3) is 0 Å². The highest BCUT2D eigenvalue weighted by Gasteiger charge is 2.27. The van der Waals surface area contributed by atoms with E-state index in [0.717, 1.165) is 0 Å².